The summed E-state index contributed by atoms with van der Waals surface area (Å²) >= 11 is 8.11. The number of hydrogen-bond donors (Lipinski definition) is 2. The second-order valence-electron chi connectivity index (χ2n) is 7.44. The third-order valence-corrected chi connectivity index (χ3v) is 7.61. The molecule has 166 valence electrons. The number of ether oxygens (including phenoxy) is 1. The first-order valence-corrected chi connectivity index (χ1v) is 12.9. The predicted molar refractivity (Wildman–Crippen MR) is 117 cm³/mol. The molecule has 5 heterocycles. The fraction of sp³-hybridized carbons (Fsp3) is 0.278. The summed E-state index contributed by atoms with van der Waals surface area (Å²) in [5.74, 6) is 0.301. The number of rotatable bonds is 2. The minimum Gasteiger partial charge on any atom is -0.780 e. The second-order valence-corrected chi connectivity index (χ2v) is 10.9. The van der Waals surface area contributed by atoms with Crippen LogP contribution in [0.25, 0.3) is 28.2 Å². The summed E-state index contributed by atoms with van der Waals surface area (Å²) in [6.45, 7) is -3.77. The molecule has 6 rings (SSSR count). The molecule has 4 aromatic rings. The fourth-order valence-corrected chi connectivity index (χ4v) is 6.01. The van der Waals surface area contributed by atoms with Gasteiger partial charge in [-0.05, 0) is 21.5 Å². The summed E-state index contributed by atoms with van der Waals surface area (Å²) in [4.78, 5) is 37.2. The van der Waals surface area contributed by atoms with Crippen molar-refractivity contribution >= 4 is 51.4 Å². The number of fused-ring (bicyclic) bond motifs is 3. The number of aromatic nitrogens is 5. The SMILES string of the molecule is O=c1c2nc(Br)n([C@H]3O[C@@H]4COP([O-])(=S)O[C@@H]4[C@@H]3O)c2nc2[nH]c(-c3ccccc3)cn12.[Na+]. The second kappa shape index (κ2) is 8.61. The van der Waals surface area contributed by atoms with Gasteiger partial charge in [0.25, 0.3) is 5.56 Å². The van der Waals surface area contributed by atoms with Crippen LogP contribution in [0.5, 0.6) is 0 Å². The molecule has 2 fully saturated rings. The number of halogens is 1. The normalized spacial score (nSPS) is 29.3. The summed E-state index contributed by atoms with van der Waals surface area (Å²) in [6, 6.07) is 9.51. The average molecular weight is 562 g/mol. The maximum absolute atomic E-state index is 13.1. The topological polar surface area (TPSA) is 139 Å². The van der Waals surface area contributed by atoms with Crippen LogP contribution in [0, 0.1) is 0 Å². The zero-order chi connectivity index (χ0) is 22.2. The molecule has 0 spiro atoms. The zero-order valence-electron chi connectivity index (χ0n) is 17.0. The van der Waals surface area contributed by atoms with Gasteiger partial charge in [-0.3, -0.25) is 9.36 Å². The van der Waals surface area contributed by atoms with Gasteiger partial charge in [-0.1, -0.05) is 42.1 Å². The van der Waals surface area contributed by atoms with Crippen LogP contribution in [0.15, 0.2) is 46.1 Å². The molecule has 0 bridgehead atoms. The number of aromatic amines is 1. The quantitative estimate of drug-likeness (QED) is 0.163. The number of imidazole rings is 2. The van der Waals surface area contributed by atoms with Gasteiger partial charge in [-0.2, -0.15) is 4.98 Å². The van der Waals surface area contributed by atoms with E-state index < -0.39 is 31.3 Å². The Hall–Kier alpha value is -0.960. The van der Waals surface area contributed by atoms with E-state index in [2.05, 4.69) is 30.9 Å². The van der Waals surface area contributed by atoms with E-state index >= 15 is 0 Å². The van der Waals surface area contributed by atoms with Crippen molar-refractivity contribution in [2.75, 3.05) is 6.61 Å². The van der Waals surface area contributed by atoms with Crippen LogP contribution in [0.3, 0.4) is 0 Å². The minimum absolute atomic E-state index is 0. The molecule has 33 heavy (non-hydrogen) atoms. The number of benzene rings is 1. The van der Waals surface area contributed by atoms with Crippen LogP contribution in [0.1, 0.15) is 6.23 Å². The van der Waals surface area contributed by atoms with E-state index in [1.807, 2.05) is 30.3 Å². The Bertz CT molecular complexity index is 1480. The molecule has 0 saturated carbocycles. The summed E-state index contributed by atoms with van der Waals surface area (Å²) in [6.07, 6.45) is -2.23. The number of aliphatic hydroxyl groups excluding tert-OH is 1. The molecule has 2 N–H and O–H groups in total. The molecule has 2 aliphatic rings. The Morgan fingerprint density at radius 2 is 2.06 bits per heavy atom. The van der Waals surface area contributed by atoms with Crippen LogP contribution in [-0.4, -0.2) is 53.9 Å². The van der Waals surface area contributed by atoms with Crippen molar-refractivity contribution < 1.29 is 53.3 Å². The van der Waals surface area contributed by atoms with Crippen molar-refractivity contribution in [3.8, 4) is 11.3 Å². The van der Waals surface area contributed by atoms with E-state index in [4.69, 9.17) is 25.6 Å². The molecule has 0 amide bonds. The fourth-order valence-electron chi connectivity index (χ4n) is 4.03. The van der Waals surface area contributed by atoms with Crippen LogP contribution in [0.4, 0.5) is 0 Å². The van der Waals surface area contributed by atoms with E-state index in [1.165, 1.54) is 8.97 Å². The predicted octanol–water partition coefficient (Wildman–Crippen LogP) is -1.94. The van der Waals surface area contributed by atoms with Crippen molar-refractivity contribution in [2.45, 2.75) is 24.5 Å². The van der Waals surface area contributed by atoms with E-state index in [-0.39, 0.29) is 57.6 Å². The van der Waals surface area contributed by atoms with Crippen molar-refractivity contribution in [3.63, 3.8) is 0 Å². The summed E-state index contributed by atoms with van der Waals surface area (Å²) in [5.41, 5.74) is 1.51. The standard InChI is InChI=1S/C18H15BrN5O6PS.Na/c19-17-21-11-14(24(17)16-12(25)13-10(29-16)7-28-31(27,32)30-13)22-18-20-9(6-23(18)15(11)26)8-4-2-1-3-5-8;/h1-6,10,12-13,16,25H,7H2,(H,20,22)(H,27,32);/q;+1/p-1/t10-,12+,13+,16+,31?;/m1./s1. The minimum atomic E-state index is -3.69. The molecule has 1 unspecified atom stereocenters. The first-order valence-electron chi connectivity index (χ1n) is 9.54. The van der Waals surface area contributed by atoms with Crippen molar-refractivity contribution in [3.05, 3.63) is 51.6 Å². The van der Waals surface area contributed by atoms with Crippen LogP contribution < -0.4 is 40.0 Å². The Kier molecular flexibility index (Phi) is 6.20. The third kappa shape index (κ3) is 3.89. The van der Waals surface area contributed by atoms with Crippen molar-refractivity contribution in [1.82, 2.24) is 23.9 Å². The van der Waals surface area contributed by atoms with Gasteiger partial charge in [0.15, 0.2) is 22.1 Å². The number of nitrogens with one attached hydrogen (secondary N) is 1. The van der Waals surface area contributed by atoms with Crippen LogP contribution in [0.2, 0.25) is 0 Å². The maximum Gasteiger partial charge on any atom is 1.00 e. The summed E-state index contributed by atoms with van der Waals surface area (Å²) < 4.78 is 19.3. The van der Waals surface area contributed by atoms with Crippen molar-refractivity contribution in [2.24, 2.45) is 0 Å². The monoisotopic (exact) mass is 561 g/mol. The maximum atomic E-state index is 13.1. The van der Waals surface area contributed by atoms with Gasteiger partial charge in [-0.15, -0.1) is 0 Å². The molecule has 0 radical (unpaired) electrons. The van der Waals surface area contributed by atoms with Gasteiger partial charge in [0, 0.05) is 6.20 Å². The smallest absolute Gasteiger partial charge is 0.780 e. The number of hydrogen-bond acceptors (Lipinski definition) is 9. The Morgan fingerprint density at radius 1 is 1.30 bits per heavy atom. The molecular weight excluding hydrogens is 548 g/mol. The van der Waals surface area contributed by atoms with Gasteiger partial charge in [0.05, 0.1) is 12.3 Å². The van der Waals surface area contributed by atoms with Gasteiger partial charge in [0.1, 0.15) is 25.0 Å². The Labute approximate surface area is 221 Å². The molecule has 11 nitrogen and oxygen atoms in total. The number of nitrogens with zero attached hydrogens (tertiary/aromatic N) is 4. The third-order valence-electron chi connectivity index (χ3n) is 5.51. The van der Waals surface area contributed by atoms with Crippen LogP contribution >= 0.6 is 22.6 Å². The first-order chi connectivity index (χ1) is 15.3. The van der Waals surface area contributed by atoms with Gasteiger partial charge < -0.3 is 28.8 Å². The molecule has 5 atom stereocenters. The number of H-pyrrole nitrogens is 1. The molecular formula is C18H14BrN5NaO6PS. The van der Waals surface area contributed by atoms with Gasteiger partial charge in [0.2, 0.25) is 5.78 Å². The number of aliphatic hydroxyl groups is 1. The van der Waals surface area contributed by atoms with Crippen molar-refractivity contribution in [1.29, 1.82) is 0 Å². The molecule has 2 saturated heterocycles. The Balaban J connectivity index is 0.00000228. The first kappa shape index (κ1) is 23.8. The molecule has 3 aromatic heterocycles. The van der Waals surface area contributed by atoms with Gasteiger partial charge >= 0.3 is 29.6 Å². The van der Waals surface area contributed by atoms with Gasteiger partial charge in [-0.25, -0.2) is 9.38 Å². The average Bonchev–Trinajstić information content (AvgIpc) is 3.43. The van der Waals surface area contributed by atoms with E-state index in [1.54, 1.807) is 6.20 Å². The van der Waals surface area contributed by atoms with E-state index in [0.717, 1.165) is 5.56 Å². The zero-order valence-corrected chi connectivity index (χ0v) is 22.3. The molecule has 2 aliphatic heterocycles. The Morgan fingerprint density at radius 3 is 2.82 bits per heavy atom. The largest absolute Gasteiger partial charge is 1.00 e. The van der Waals surface area contributed by atoms with E-state index in [0.29, 0.717) is 11.5 Å². The molecule has 0 aliphatic carbocycles. The van der Waals surface area contributed by atoms with Crippen LogP contribution in [-0.2, 0) is 25.6 Å². The summed E-state index contributed by atoms with van der Waals surface area (Å²) in [7, 11) is 0. The summed E-state index contributed by atoms with van der Waals surface area (Å²) in [5, 5.41) is 10.8. The van der Waals surface area contributed by atoms with E-state index in [9.17, 15) is 14.8 Å². The molecule has 15 heteroatoms. The molecule has 1 aromatic carbocycles.